The Morgan fingerprint density at radius 3 is 2.85 bits per heavy atom. The molecule has 0 heterocycles. The maximum absolute atomic E-state index is 12.2. The fraction of sp³-hybridized carbons (Fsp3) is 0.158. The van der Waals surface area contributed by atoms with Gasteiger partial charge in [0.05, 0.1) is 17.8 Å². The van der Waals surface area contributed by atoms with Crippen LogP contribution < -0.4 is 21.1 Å². The summed E-state index contributed by atoms with van der Waals surface area (Å²) >= 11 is 5.92. The second kappa shape index (κ2) is 9.35. The minimum atomic E-state index is -0.526. The van der Waals surface area contributed by atoms with E-state index in [-0.39, 0.29) is 5.57 Å². The fourth-order valence-electron chi connectivity index (χ4n) is 2.17. The minimum absolute atomic E-state index is 0.0383. The van der Waals surface area contributed by atoms with Crippen LogP contribution in [-0.4, -0.2) is 19.6 Å². The first-order valence-electron chi connectivity index (χ1n) is 7.86. The molecule has 0 aliphatic rings. The zero-order valence-corrected chi connectivity index (χ0v) is 15.0. The van der Waals surface area contributed by atoms with Crippen molar-refractivity contribution in [1.82, 2.24) is 5.32 Å². The van der Waals surface area contributed by atoms with E-state index in [1.54, 1.807) is 19.2 Å². The zero-order chi connectivity index (χ0) is 18.9. The molecule has 2 aromatic rings. The number of anilines is 2. The van der Waals surface area contributed by atoms with Gasteiger partial charge in [-0.3, -0.25) is 4.79 Å². The van der Waals surface area contributed by atoms with Crippen LogP contribution in [0.25, 0.3) is 0 Å². The van der Waals surface area contributed by atoms with E-state index in [0.29, 0.717) is 22.9 Å². The largest absolute Gasteiger partial charge is 0.497 e. The van der Waals surface area contributed by atoms with Crippen LogP contribution in [0.1, 0.15) is 5.56 Å². The van der Waals surface area contributed by atoms with Crippen LogP contribution in [0, 0.1) is 11.3 Å². The lowest BCUT2D eigenvalue weighted by molar-refractivity contribution is -0.112. The number of carbonyl (C=O) groups is 1. The molecule has 0 unspecified atom stereocenters. The van der Waals surface area contributed by atoms with Crippen molar-refractivity contribution in [2.75, 3.05) is 24.7 Å². The first-order chi connectivity index (χ1) is 12.5. The summed E-state index contributed by atoms with van der Waals surface area (Å²) in [5.74, 6) is 0.263. The first-order valence-corrected chi connectivity index (χ1v) is 8.24. The lowest BCUT2D eigenvalue weighted by Crippen LogP contribution is -2.18. The standard InChI is InChI=1S/C19H19ClN4O2/c1-26-16-4-2-3-13(9-16)7-8-23-12-14(11-21)19(25)24-15-5-6-18(22)17(20)10-15/h2-6,9-10,12,23H,7-8,22H2,1H3,(H,24,25)/b14-12-. The summed E-state index contributed by atoms with van der Waals surface area (Å²) in [7, 11) is 1.62. The molecule has 0 fully saturated rings. The van der Waals surface area contributed by atoms with E-state index < -0.39 is 5.91 Å². The Bertz CT molecular complexity index is 859. The Morgan fingerprint density at radius 2 is 2.15 bits per heavy atom. The molecule has 0 aromatic heterocycles. The molecule has 0 radical (unpaired) electrons. The van der Waals surface area contributed by atoms with E-state index in [1.807, 2.05) is 30.3 Å². The summed E-state index contributed by atoms with van der Waals surface area (Å²) in [6.45, 7) is 0.569. The van der Waals surface area contributed by atoms with Gasteiger partial charge in [0.25, 0.3) is 5.91 Å². The third-order valence-electron chi connectivity index (χ3n) is 3.56. The average molecular weight is 371 g/mol. The predicted octanol–water partition coefficient (Wildman–Crippen LogP) is 3.11. The Hall–Kier alpha value is -3.17. The third kappa shape index (κ3) is 5.43. The highest BCUT2D eigenvalue weighted by atomic mass is 35.5. The highest BCUT2D eigenvalue weighted by Gasteiger charge is 2.10. The van der Waals surface area contributed by atoms with Crippen LogP contribution in [0.15, 0.2) is 54.2 Å². The average Bonchev–Trinajstić information content (AvgIpc) is 2.65. The highest BCUT2D eigenvalue weighted by Crippen LogP contribution is 2.22. The van der Waals surface area contributed by atoms with Crippen molar-refractivity contribution in [3.8, 4) is 11.8 Å². The van der Waals surface area contributed by atoms with E-state index in [9.17, 15) is 10.1 Å². The molecule has 0 saturated heterocycles. The van der Waals surface area contributed by atoms with Gasteiger partial charge < -0.3 is 21.1 Å². The van der Waals surface area contributed by atoms with Gasteiger partial charge in [0.1, 0.15) is 17.4 Å². The van der Waals surface area contributed by atoms with Crippen LogP contribution in [0.3, 0.4) is 0 Å². The lowest BCUT2D eigenvalue weighted by atomic mass is 10.1. The highest BCUT2D eigenvalue weighted by molar-refractivity contribution is 6.33. The van der Waals surface area contributed by atoms with Gasteiger partial charge in [-0.15, -0.1) is 0 Å². The number of carbonyl (C=O) groups excluding carboxylic acids is 1. The maximum atomic E-state index is 12.2. The zero-order valence-electron chi connectivity index (χ0n) is 14.3. The Kier molecular flexibility index (Phi) is 6.89. The van der Waals surface area contributed by atoms with Crippen LogP contribution in [-0.2, 0) is 11.2 Å². The van der Waals surface area contributed by atoms with Gasteiger partial charge in [-0.1, -0.05) is 23.7 Å². The topological polar surface area (TPSA) is 100 Å². The molecule has 0 atom stereocenters. The molecular formula is C19H19ClN4O2. The van der Waals surface area contributed by atoms with Crippen LogP contribution >= 0.6 is 11.6 Å². The first kappa shape index (κ1) is 19.2. The molecule has 0 bridgehead atoms. The van der Waals surface area contributed by atoms with E-state index >= 15 is 0 Å². The fourth-order valence-corrected chi connectivity index (χ4v) is 2.35. The van der Waals surface area contributed by atoms with Crippen molar-refractivity contribution in [2.24, 2.45) is 0 Å². The number of nitriles is 1. The predicted molar refractivity (Wildman–Crippen MR) is 103 cm³/mol. The number of hydrogen-bond donors (Lipinski definition) is 3. The van der Waals surface area contributed by atoms with Crippen LogP contribution in [0.5, 0.6) is 5.75 Å². The smallest absolute Gasteiger partial charge is 0.267 e. The summed E-state index contributed by atoms with van der Waals surface area (Å²) in [5.41, 5.74) is 7.56. The molecule has 4 N–H and O–H groups in total. The molecule has 0 spiro atoms. The molecular weight excluding hydrogens is 352 g/mol. The number of rotatable bonds is 7. The number of hydrogen-bond acceptors (Lipinski definition) is 5. The quantitative estimate of drug-likeness (QED) is 0.301. The number of ether oxygens (including phenoxy) is 1. The molecule has 2 rings (SSSR count). The van der Waals surface area contributed by atoms with Gasteiger partial charge in [-0.2, -0.15) is 5.26 Å². The monoisotopic (exact) mass is 370 g/mol. The Balaban J connectivity index is 1.91. The summed E-state index contributed by atoms with van der Waals surface area (Å²) in [6.07, 6.45) is 2.12. The van der Waals surface area contributed by atoms with E-state index in [2.05, 4.69) is 10.6 Å². The third-order valence-corrected chi connectivity index (χ3v) is 3.89. The van der Waals surface area contributed by atoms with E-state index in [0.717, 1.165) is 17.7 Å². The summed E-state index contributed by atoms with van der Waals surface area (Å²) in [4.78, 5) is 12.2. The molecule has 0 aliphatic heterocycles. The maximum Gasteiger partial charge on any atom is 0.267 e. The number of amides is 1. The molecule has 2 aromatic carbocycles. The molecule has 7 heteroatoms. The van der Waals surface area contributed by atoms with Gasteiger partial charge in [-0.25, -0.2) is 0 Å². The summed E-state index contributed by atoms with van der Waals surface area (Å²) in [5, 5.41) is 15.1. The molecule has 134 valence electrons. The van der Waals surface area contributed by atoms with Crippen molar-refractivity contribution >= 4 is 28.9 Å². The van der Waals surface area contributed by atoms with E-state index in [1.165, 1.54) is 12.3 Å². The minimum Gasteiger partial charge on any atom is -0.497 e. The number of nitrogen functional groups attached to an aromatic ring is 1. The van der Waals surface area contributed by atoms with Crippen LogP contribution in [0.2, 0.25) is 5.02 Å². The lowest BCUT2D eigenvalue weighted by Gasteiger charge is -2.07. The summed E-state index contributed by atoms with van der Waals surface area (Å²) < 4.78 is 5.18. The normalized spacial score (nSPS) is 10.7. The van der Waals surface area contributed by atoms with Gasteiger partial charge in [-0.05, 0) is 42.3 Å². The number of nitrogens with zero attached hydrogens (tertiary/aromatic N) is 1. The molecule has 0 aliphatic carbocycles. The van der Waals surface area contributed by atoms with Gasteiger partial charge in [0.15, 0.2) is 0 Å². The molecule has 26 heavy (non-hydrogen) atoms. The Morgan fingerprint density at radius 1 is 1.35 bits per heavy atom. The number of halogens is 1. The number of benzene rings is 2. The van der Waals surface area contributed by atoms with Crippen molar-refractivity contribution in [3.05, 3.63) is 64.8 Å². The second-order valence-corrected chi connectivity index (χ2v) is 5.82. The molecule has 1 amide bonds. The second-order valence-electron chi connectivity index (χ2n) is 5.42. The van der Waals surface area contributed by atoms with Gasteiger partial charge in [0, 0.05) is 18.4 Å². The number of nitrogens with two attached hydrogens (primary N) is 1. The van der Waals surface area contributed by atoms with Crippen LogP contribution in [0.4, 0.5) is 11.4 Å². The van der Waals surface area contributed by atoms with Crippen molar-refractivity contribution in [2.45, 2.75) is 6.42 Å². The number of nitrogens with one attached hydrogen (secondary N) is 2. The van der Waals surface area contributed by atoms with Gasteiger partial charge >= 0.3 is 0 Å². The van der Waals surface area contributed by atoms with Gasteiger partial charge in [0.2, 0.25) is 0 Å². The summed E-state index contributed by atoms with van der Waals surface area (Å²) in [6, 6.07) is 14.3. The number of methoxy groups -OCH3 is 1. The van der Waals surface area contributed by atoms with E-state index in [4.69, 9.17) is 22.1 Å². The molecule has 6 nitrogen and oxygen atoms in total. The Labute approximate surface area is 157 Å². The van der Waals surface area contributed by atoms with Crippen molar-refractivity contribution in [1.29, 1.82) is 5.26 Å². The SMILES string of the molecule is COc1cccc(CCN/C=C(/C#N)C(=O)Nc2ccc(N)c(Cl)c2)c1. The molecule has 0 saturated carbocycles. The van der Waals surface area contributed by atoms with Crippen molar-refractivity contribution in [3.63, 3.8) is 0 Å². The van der Waals surface area contributed by atoms with Crippen molar-refractivity contribution < 1.29 is 9.53 Å².